The summed E-state index contributed by atoms with van der Waals surface area (Å²) in [7, 11) is 0. The molecule has 108 valence electrons. The van der Waals surface area contributed by atoms with Gasteiger partial charge in [-0.1, -0.05) is 19.3 Å². The fourth-order valence-electron chi connectivity index (χ4n) is 3.69. The monoisotopic (exact) mass is 273 g/mol. The lowest BCUT2D eigenvalue weighted by Crippen LogP contribution is -2.43. The molecule has 1 saturated carbocycles. The molecule has 2 heterocycles. The first-order chi connectivity index (χ1) is 9.77. The zero-order valence-electron chi connectivity index (χ0n) is 12.0. The summed E-state index contributed by atoms with van der Waals surface area (Å²) in [6.07, 6.45) is 12.0. The van der Waals surface area contributed by atoms with E-state index in [9.17, 15) is 4.79 Å². The number of ketones is 1. The van der Waals surface area contributed by atoms with Crippen molar-refractivity contribution in [1.82, 2.24) is 4.98 Å². The van der Waals surface area contributed by atoms with Crippen molar-refractivity contribution < 1.29 is 9.53 Å². The lowest BCUT2D eigenvalue weighted by Gasteiger charge is -2.43. The Kier molecular flexibility index (Phi) is 4.16. The van der Waals surface area contributed by atoms with Gasteiger partial charge in [-0.15, -0.1) is 0 Å². The first kappa shape index (κ1) is 13.7. The molecule has 1 aromatic rings. The molecule has 1 aliphatic carbocycles. The molecule has 20 heavy (non-hydrogen) atoms. The van der Waals surface area contributed by atoms with Gasteiger partial charge in [-0.3, -0.25) is 9.78 Å². The zero-order chi connectivity index (χ0) is 13.8. The third kappa shape index (κ3) is 3.09. The van der Waals surface area contributed by atoms with E-state index in [1.54, 1.807) is 12.4 Å². The normalized spacial score (nSPS) is 25.5. The number of carbonyl (C=O) groups excluding carboxylic acids is 1. The molecule has 0 aromatic carbocycles. The lowest BCUT2D eigenvalue weighted by atomic mass is 9.74. The molecule has 0 amide bonds. The van der Waals surface area contributed by atoms with E-state index in [1.165, 1.54) is 19.3 Å². The predicted octanol–water partition coefficient (Wildman–Crippen LogP) is 3.32. The Balaban J connectivity index is 1.63. The van der Waals surface area contributed by atoms with Crippen molar-refractivity contribution in [2.24, 2.45) is 5.92 Å². The van der Waals surface area contributed by atoms with Crippen LogP contribution in [0.1, 0.15) is 50.5 Å². The van der Waals surface area contributed by atoms with Crippen molar-refractivity contribution in [2.45, 2.75) is 57.0 Å². The maximum atomic E-state index is 12.5. The van der Waals surface area contributed by atoms with Gasteiger partial charge in [-0.25, -0.2) is 0 Å². The Morgan fingerprint density at radius 3 is 2.75 bits per heavy atom. The van der Waals surface area contributed by atoms with Crippen LogP contribution in [0.15, 0.2) is 24.5 Å². The maximum absolute atomic E-state index is 12.5. The second kappa shape index (κ2) is 6.04. The largest absolute Gasteiger partial charge is 0.375 e. The molecule has 0 bridgehead atoms. The summed E-state index contributed by atoms with van der Waals surface area (Å²) in [5.74, 6) is 0.569. The van der Waals surface area contributed by atoms with Crippen LogP contribution >= 0.6 is 0 Å². The van der Waals surface area contributed by atoms with Gasteiger partial charge in [0.1, 0.15) is 5.78 Å². The van der Waals surface area contributed by atoms with E-state index in [1.807, 2.05) is 12.1 Å². The van der Waals surface area contributed by atoms with Crippen LogP contribution in [0.5, 0.6) is 0 Å². The average molecular weight is 273 g/mol. The third-order valence-corrected chi connectivity index (χ3v) is 4.84. The molecular weight excluding hydrogens is 250 g/mol. The summed E-state index contributed by atoms with van der Waals surface area (Å²) in [6.45, 7) is 0.757. The molecule has 2 aliphatic rings. The van der Waals surface area contributed by atoms with Crippen LogP contribution < -0.4 is 0 Å². The van der Waals surface area contributed by atoms with Crippen molar-refractivity contribution in [1.29, 1.82) is 0 Å². The van der Waals surface area contributed by atoms with E-state index < -0.39 is 0 Å². The smallest absolute Gasteiger partial charge is 0.140 e. The molecule has 1 spiro atoms. The molecule has 3 nitrogen and oxygen atoms in total. The molecule has 3 rings (SSSR count). The van der Waals surface area contributed by atoms with E-state index in [0.717, 1.165) is 37.9 Å². The highest BCUT2D eigenvalue weighted by Gasteiger charge is 2.40. The first-order valence-electron chi connectivity index (χ1n) is 7.83. The number of ether oxygens (including phenoxy) is 1. The highest BCUT2D eigenvalue weighted by atomic mass is 16.5. The van der Waals surface area contributed by atoms with Crippen LogP contribution in [-0.4, -0.2) is 23.0 Å². The van der Waals surface area contributed by atoms with Crippen LogP contribution in [0.25, 0.3) is 0 Å². The number of nitrogens with zero attached hydrogens (tertiary/aromatic N) is 1. The van der Waals surface area contributed by atoms with E-state index in [0.29, 0.717) is 12.2 Å². The van der Waals surface area contributed by atoms with E-state index >= 15 is 0 Å². The fraction of sp³-hybridized carbons (Fsp3) is 0.647. The Morgan fingerprint density at radius 1 is 1.25 bits per heavy atom. The molecule has 0 N–H and O–H groups in total. The van der Waals surface area contributed by atoms with Gasteiger partial charge in [0.2, 0.25) is 0 Å². The molecule has 2 fully saturated rings. The standard InChI is InChI=1S/C17H23NO2/c19-16(12-14-4-9-18-10-5-14)15-6-11-20-17(13-15)7-2-1-3-8-17/h4-5,9-10,15H,1-3,6-8,11-13H2. The lowest BCUT2D eigenvalue weighted by molar-refractivity contribution is -0.142. The van der Waals surface area contributed by atoms with Crippen LogP contribution in [0.2, 0.25) is 0 Å². The Bertz CT molecular complexity index is 446. The van der Waals surface area contributed by atoms with Crippen LogP contribution in [0.3, 0.4) is 0 Å². The van der Waals surface area contributed by atoms with Crippen molar-refractivity contribution in [3.8, 4) is 0 Å². The maximum Gasteiger partial charge on any atom is 0.140 e. The van der Waals surface area contributed by atoms with Gasteiger partial charge in [0.05, 0.1) is 5.60 Å². The summed E-state index contributed by atoms with van der Waals surface area (Å²) < 4.78 is 6.07. The van der Waals surface area contributed by atoms with Crippen molar-refractivity contribution in [3.05, 3.63) is 30.1 Å². The van der Waals surface area contributed by atoms with Gasteiger partial charge in [0, 0.05) is 31.3 Å². The first-order valence-corrected chi connectivity index (χ1v) is 7.83. The Morgan fingerprint density at radius 2 is 2.00 bits per heavy atom. The third-order valence-electron chi connectivity index (χ3n) is 4.84. The van der Waals surface area contributed by atoms with Gasteiger partial charge < -0.3 is 4.74 Å². The topological polar surface area (TPSA) is 39.2 Å². The van der Waals surface area contributed by atoms with Crippen LogP contribution in [0.4, 0.5) is 0 Å². The second-order valence-electron chi connectivity index (χ2n) is 6.28. The van der Waals surface area contributed by atoms with Crippen molar-refractivity contribution in [2.75, 3.05) is 6.61 Å². The number of hydrogen-bond donors (Lipinski definition) is 0. The van der Waals surface area contributed by atoms with E-state index in [2.05, 4.69) is 4.98 Å². The molecule has 1 aromatic heterocycles. The molecule has 3 heteroatoms. The molecule has 1 saturated heterocycles. The Hall–Kier alpha value is -1.22. The number of hydrogen-bond acceptors (Lipinski definition) is 3. The van der Waals surface area contributed by atoms with Crippen LogP contribution in [0, 0.1) is 5.92 Å². The zero-order valence-corrected chi connectivity index (χ0v) is 12.0. The number of pyridine rings is 1. The second-order valence-corrected chi connectivity index (χ2v) is 6.28. The summed E-state index contributed by atoms with van der Waals surface area (Å²) in [4.78, 5) is 16.5. The molecule has 0 radical (unpaired) electrons. The minimum Gasteiger partial charge on any atom is -0.375 e. The summed E-state index contributed by atoms with van der Waals surface area (Å²) in [5, 5.41) is 0. The van der Waals surface area contributed by atoms with E-state index in [-0.39, 0.29) is 11.5 Å². The minimum absolute atomic E-state index is 0.0229. The number of carbonyl (C=O) groups is 1. The summed E-state index contributed by atoms with van der Waals surface area (Å²) in [6, 6.07) is 3.88. The summed E-state index contributed by atoms with van der Waals surface area (Å²) >= 11 is 0. The molecule has 1 unspecified atom stereocenters. The van der Waals surface area contributed by atoms with Crippen molar-refractivity contribution in [3.63, 3.8) is 0 Å². The highest BCUT2D eigenvalue weighted by molar-refractivity contribution is 5.83. The van der Waals surface area contributed by atoms with Crippen LogP contribution in [-0.2, 0) is 16.0 Å². The SMILES string of the molecule is O=C(Cc1ccncc1)C1CCOC2(CCCCC2)C1. The van der Waals surface area contributed by atoms with Gasteiger partial charge >= 0.3 is 0 Å². The molecule has 1 aliphatic heterocycles. The molecule has 1 atom stereocenters. The van der Waals surface area contributed by atoms with Gasteiger partial charge in [0.25, 0.3) is 0 Å². The minimum atomic E-state index is 0.0229. The predicted molar refractivity (Wildman–Crippen MR) is 77.4 cm³/mol. The van der Waals surface area contributed by atoms with Crippen molar-refractivity contribution >= 4 is 5.78 Å². The average Bonchev–Trinajstić information content (AvgIpc) is 2.49. The van der Waals surface area contributed by atoms with Gasteiger partial charge in [-0.2, -0.15) is 0 Å². The molecular formula is C17H23NO2. The Labute approximate surface area is 120 Å². The van der Waals surface area contributed by atoms with Gasteiger partial charge in [0.15, 0.2) is 0 Å². The van der Waals surface area contributed by atoms with Gasteiger partial charge in [-0.05, 0) is 43.4 Å². The van der Waals surface area contributed by atoms with E-state index in [4.69, 9.17) is 4.74 Å². The number of Topliss-reactive ketones (excluding diaryl/α,β-unsaturated/α-hetero) is 1. The quantitative estimate of drug-likeness (QED) is 0.848. The fourth-order valence-corrected chi connectivity index (χ4v) is 3.69. The summed E-state index contributed by atoms with van der Waals surface area (Å²) in [5.41, 5.74) is 1.10. The number of aromatic nitrogens is 1. The number of rotatable bonds is 3. The highest BCUT2D eigenvalue weighted by Crippen LogP contribution is 2.41.